The van der Waals surface area contributed by atoms with E-state index in [4.69, 9.17) is 0 Å². The van der Waals surface area contributed by atoms with Crippen molar-refractivity contribution in [3.8, 4) is 0 Å². The van der Waals surface area contributed by atoms with Crippen LogP contribution in [0, 0.1) is 0 Å². The molecule has 3 heteroatoms. The molecule has 1 aromatic carbocycles. The van der Waals surface area contributed by atoms with Gasteiger partial charge in [0.1, 0.15) is 0 Å². The highest BCUT2D eigenvalue weighted by Crippen LogP contribution is 2.35. The molecule has 0 radical (unpaired) electrons. The summed E-state index contributed by atoms with van der Waals surface area (Å²) in [4.78, 5) is 12.5. The van der Waals surface area contributed by atoms with E-state index in [1.165, 1.54) is 16.5 Å². The van der Waals surface area contributed by atoms with Gasteiger partial charge in [0.25, 0.3) is 0 Å². The van der Waals surface area contributed by atoms with Gasteiger partial charge in [0.2, 0.25) is 5.91 Å². The maximum Gasteiger partial charge on any atom is 0.243 e. The van der Waals surface area contributed by atoms with Gasteiger partial charge >= 0.3 is 0 Å². The quantitative estimate of drug-likeness (QED) is 0.774. The molecule has 1 aromatic rings. The van der Waals surface area contributed by atoms with Crippen molar-refractivity contribution >= 4 is 17.7 Å². The number of thioether (sulfide) groups is 1. The van der Waals surface area contributed by atoms with Crippen LogP contribution in [0.3, 0.4) is 0 Å². The predicted molar refractivity (Wildman–Crippen MR) is 62.9 cm³/mol. The van der Waals surface area contributed by atoms with Gasteiger partial charge < -0.3 is 5.32 Å². The number of benzene rings is 1. The smallest absolute Gasteiger partial charge is 0.243 e. The summed E-state index contributed by atoms with van der Waals surface area (Å²) in [6.07, 6.45) is 2.31. The minimum atomic E-state index is -0.0956. The topological polar surface area (TPSA) is 29.1 Å². The summed E-state index contributed by atoms with van der Waals surface area (Å²) in [6.45, 7) is 3.46. The van der Waals surface area contributed by atoms with Crippen LogP contribution >= 0.6 is 11.8 Å². The van der Waals surface area contributed by atoms with Gasteiger partial charge in [-0.15, -0.1) is 11.8 Å². The lowest BCUT2D eigenvalue weighted by molar-refractivity contribution is -0.117. The highest BCUT2D eigenvalue weighted by molar-refractivity contribution is 7.99. The molecule has 0 fully saturated rings. The van der Waals surface area contributed by atoms with Crippen LogP contribution in [-0.4, -0.2) is 11.7 Å². The predicted octanol–water partition coefficient (Wildman–Crippen LogP) is 2.53. The van der Waals surface area contributed by atoms with Gasteiger partial charge in [0.05, 0.1) is 6.04 Å². The molecule has 0 aromatic heterocycles. The zero-order valence-electron chi connectivity index (χ0n) is 8.40. The van der Waals surface area contributed by atoms with E-state index >= 15 is 0 Å². The van der Waals surface area contributed by atoms with Gasteiger partial charge in [-0.3, -0.25) is 4.79 Å². The molecule has 78 valence electrons. The van der Waals surface area contributed by atoms with E-state index in [-0.39, 0.29) is 11.9 Å². The van der Waals surface area contributed by atoms with Crippen LogP contribution in [0.15, 0.2) is 41.8 Å². The minimum Gasteiger partial charge on any atom is -0.346 e. The first-order valence-corrected chi connectivity index (χ1v) is 5.94. The number of fused-ring (bicyclic) bond motifs is 1. The zero-order valence-corrected chi connectivity index (χ0v) is 9.22. The van der Waals surface area contributed by atoms with Gasteiger partial charge in [0, 0.05) is 10.6 Å². The maximum absolute atomic E-state index is 11.3. The molecule has 15 heavy (non-hydrogen) atoms. The number of hydrogen-bond acceptors (Lipinski definition) is 2. The second kappa shape index (κ2) is 4.53. The van der Waals surface area contributed by atoms with Crippen LogP contribution in [0.1, 0.15) is 18.0 Å². The van der Waals surface area contributed by atoms with Crippen molar-refractivity contribution < 1.29 is 4.79 Å². The van der Waals surface area contributed by atoms with Crippen molar-refractivity contribution in [3.05, 3.63) is 42.5 Å². The summed E-state index contributed by atoms with van der Waals surface area (Å²) in [6, 6.07) is 8.37. The lowest BCUT2D eigenvalue weighted by atomic mass is 10.0. The van der Waals surface area contributed by atoms with E-state index in [2.05, 4.69) is 24.0 Å². The van der Waals surface area contributed by atoms with Gasteiger partial charge in [-0.2, -0.15) is 0 Å². The number of carbonyl (C=O) groups excluding carboxylic acids is 1. The van der Waals surface area contributed by atoms with Crippen LogP contribution in [0.25, 0.3) is 0 Å². The number of rotatable bonds is 2. The molecule has 2 nitrogen and oxygen atoms in total. The maximum atomic E-state index is 11.3. The van der Waals surface area contributed by atoms with E-state index < -0.39 is 0 Å². The third-order valence-corrected chi connectivity index (χ3v) is 3.58. The number of carbonyl (C=O) groups is 1. The average Bonchev–Trinajstić information content (AvgIpc) is 2.29. The van der Waals surface area contributed by atoms with Crippen molar-refractivity contribution in [1.29, 1.82) is 0 Å². The summed E-state index contributed by atoms with van der Waals surface area (Å²) in [5, 5.41) is 2.95. The summed E-state index contributed by atoms with van der Waals surface area (Å²) in [7, 11) is 0. The van der Waals surface area contributed by atoms with E-state index in [9.17, 15) is 4.79 Å². The molecule has 1 atom stereocenters. The average molecular weight is 219 g/mol. The van der Waals surface area contributed by atoms with Crippen LogP contribution in [0.5, 0.6) is 0 Å². The Hall–Kier alpha value is -1.22. The summed E-state index contributed by atoms with van der Waals surface area (Å²) < 4.78 is 0. The SMILES string of the molecule is C=CC(=O)NC1CCSc2ccccc21. The molecule has 1 N–H and O–H groups in total. The standard InChI is InChI=1S/C12H13NOS/c1-2-12(14)13-10-7-8-15-11-6-4-3-5-9(10)11/h2-6,10H,1,7-8H2,(H,13,14). The molecule has 1 unspecified atom stereocenters. The van der Waals surface area contributed by atoms with E-state index in [0.29, 0.717) is 0 Å². The van der Waals surface area contributed by atoms with Gasteiger partial charge in [-0.25, -0.2) is 0 Å². The molecule has 1 aliphatic heterocycles. The summed E-state index contributed by atoms with van der Waals surface area (Å²) >= 11 is 1.85. The lowest BCUT2D eigenvalue weighted by Crippen LogP contribution is -2.29. The fourth-order valence-electron chi connectivity index (χ4n) is 1.72. The molecule has 1 amide bonds. The zero-order chi connectivity index (χ0) is 10.7. The molecular weight excluding hydrogens is 206 g/mol. The molecule has 0 spiro atoms. The first-order chi connectivity index (χ1) is 7.31. The first kappa shape index (κ1) is 10.3. The Morgan fingerprint density at radius 2 is 2.33 bits per heavy atom. The molecule has 2 rings (SSSR count). The van der Waals surface area contributed by atoms with Crippen molar-refractivity contribution in [2.24, 2.45) is 0 Å². The Morgan fingerprint density at radius 3 is 3.13 bits per heavy atom. The summed E-state index contributed by atoms with van der Waals surface area (Å²) in [5.41, 5.74) is 1.23. The monoisotopic (exact) mass is 219 g/mol. The molecule has 1 heterocycles. The second-order valence-corrected chi connectivity index (χ2v) is 4.58. The highest BCUT2D eigenvalue weighted by Gasteiger charge is 2.20. The largest absolute Gasteiger partial charge is 0.346 e. The Morgan fingerprint density at radius 1 is 1.53 bits per heavy atom. The first-order valence-electron chi connectivity index (χ1n) is 4.96. The van der Waals surface area contributed by atoms with Gasteiger partial charge in [0.15, 0.2) is 0 Å². The van der Waals surface area contributed by atoms with Crippen molar-refractivity contribution in [1.82, 2.24) is 5.32 Å². The highest BCUT2D eigenvalue weighted by atomic mass is 32.2. The Balaban J connectivity index is 2.22. The fraction of sp³-hybridized carbons (Fsp3) is 0.250. The van der Waals surface area contributed by atoms with Gasteiger partial charge in [-0.05, 0) is 24.1 Å². The molecular formula is C12H13NOS. The van der Waals surface area contributed by atoms with Gasteiger partial charge in [-0.1, -0.05) is 24.8 Å². The Labute approximate surface area is 93.8 Å². The Kier molecular flexibility index (Phi) is 3.11. The van der Waals surface area contributed by atoms with Crippen LogP contribution in [0.2, 0.25) is 0 Å². The third-order valence-electron chi connectivity index (χ3n) is 2.46. The second-order valence-electron chi connectivity index (χ2n) is 3.44. The molecule has 0 bridgehead atoms. The van der Waals surface area contributed by atoms with E-state index in [1.54, 1.807) is 0 Å². The van der Waals surface area contributed by atoms with E-state index in [0.717, 1.165) is 12.2 Å². The minimum absolute atomic E-state index is 0.0956. The van der Waals surface area contributed by atoms with Crippen LogP contribution in [-0.2, 0) is 4.79 Å². The Bertz CT molecular complexity index is 389. The molecule has 0 aliphatic carbocycles. The van der Waals surface area contributed by atoms with Crippen LogP contribution < -0.4 is 5.32 Å². The van der Waals surface area contributed by atoms with Crippen LogP contribution in [0.4, 0.5) is 0 Å². The number of hydrogen-bond donors (Lipinski definition) is 1. The number of nitrogens with one attached hydrogen (secondary N) is 1. The van der Waals surface area contributed by atoms with E-state index in [1.807, 2.05) is 23.9 Å². The molecule has 0 saturated heterocycles. The normalized spacial score (nSPS) is 19.1. The number of amides is 1. The summed E-state index contributed by atoms with van der Waals surface area (Å²) in [5.74, 6) is 0.959. The third kappa shape index (κ3) is 2.23. The molecule has 0 saturated carbocycles. The molecule has 1 aliphatic rings. The van der Waals surface area contributed by atoms with Crippen molar-refractivity contribution in [3.63, 3.8) is 0 Å². The fourth-order valence-corrected chi connectivity index (χ4v) is 2.85. The van der Waals surface area contributed by atoms with Crippen molar-refractivity contribution in [2.45, 2.75) is 17.4 Å². The lowest BCUT2D eigenvalue weighted by Gasteiger charge is -2.25. The van der Waals surface area contributed by atoms with Crippen molar-refractivity contribution in [2.75, 3.05) is 5.75 Å².